The van der Waals surface area contributed by atoms with Gasteiger partial charge in [-0.1, -0.05) is 52.3 Å². The smallest absolute Gasteiger partial charge is 0.259 e. The van der Waals surface area contributed by atoms with Gasteiger partial charge < -0.3 is 19.5 Å². The van der Waals surface area contributed by atoms with Gasteiger partial charge in [0.2, 0.25) is 0 Å². The summed E-state index contributed by atoms with van der Waals surface area (Å²) in [6.07, 6.45) is 7.35. The Morgan fingerprint density at radius 3 is 2.52 bits per heavy atom. The van der Waals surface area contributed by atoms with E-state index in [1.807, 2.05) is 0 Å². The average molecular weight is 454 g/mol. The maximum atomic E-state index is 13.1. The van der Waals surface area contributed by atoms with Gasteiger partial charge in [-0.15, -0.1) is 0 Å². The molecule has 0 unspecified atom stereocenters. The van der Waals surface area contributed by atoms with Crippen LogP contribution in [0.25, 0.3) is 11.1 Å². The molecule has 5 nitrogen and oxygen atoms in total. The predicted octanol–water partition coefficient (Wildman–Crippen LogP) is 6.34. The highest BCUT2D eigenvalue weighted by molar-refractivity contribution is 5.71. The van der Waals surface area contributed by atoms with E-state index in [0.29, 0.717) is 35.3 Å². The Balaban J connectivity index is 1.93. The van der Waals surface area contributed by atoms with Gasteiger partial charge in [-0.3, -0.25) is 4.79 Å². The third-order valence-electron chi connectivity index (χ3n) is 7.06. The molecule has 180 valence electrons. The van der Waals surface area contributed by atoms with E-state index in [1.165, 1.54) is 16.6 Å². The number of nitrogens with zero attached hydrogens (tertiary/aromatic N) is 1. The van der Waals surface area contributed by atoms with E-state index in [4.69, 9.17) is 4.74 Å². The molecule has 1 aromatic carbocycles. The second-order valence-corrected chi connectivity index (χ2v) is 10.0. The number of ether oxygens (including phenoxy) is 1. The average Bonchev–Trinajstić information content (AvgIpc) is 2.77. The van der Waals surface area contributed by atoms with Crippen molar-refractivity contribution in [3.63, 3.8) is 0 Å². The Morgan fingerprint density at radius 1 is 1.21 bits per heavy atom. The molecular formula is C28H39NO4. The lowest BCUT2D eigenvalue weighted by molar-refractivity contribution is -0.0631. The monoisotopic (exact) mass is 453 g/mol. The van der Waals surface area contributed by atoms with Crippen LogP contribution in [-0.4, -0.2) is 20.9 Å². The SMILES string of the molecule is CC[C@H](C)C[C@@H](C)/C=C(/C)[C@@H]1O[C@H](c2c(O)c(-c3ccc(O)cc3)cn(C)c2=O)CC[C@H]1C. The highest BCUT2D eigenvalue weighted by Gasteiger charge is 2.34. The molecule has 0 amide bonds. The van der Waals surface area contributed by atoms with Gasteiger partial charge in [-0.05, 0) is 67.2 Å². The minimum atomic E-state index is -0.463. The van der Waals surface area contributed by atoms with Crippen molar-refractivity contribution >= 4 is 0 Å². The molecule has 0 radical (unpaired) electrons. The number of hydrogen-bond donors (Lipinski definition) is 2. The Kier molecular flexibility index (Phi) is 8.06. The standard InChI is InChI=1S/C28H39NO4/c1-7-17(2)14-18(3)15-20(5)27-19(4)8-13-24(33-27)25-26(31)23(16-29(6)28(25)32)21-9-11-22(30)12-10-21/h9-12,15-19,24,27,30-31H,7-8,13-14H2,1-6H3/b20-15-/t17-,18+,19+,24-,27+/m0/s1. The van der Waals surface area contributed by atoms with Crippen molar-refractivity contribution in [1.29, 1.82) is 0 Å². The van der Waals surface area contributed by atoms with Crippen molar-refractivity contribution in [2.24, 2.45) is 24.8 Å². The summed E-state index contributed by atoms with van der Waals surface area (Å²) >= 11 is 0. The summed E-state index contributed by atoms with van der Waals surface area (Å²) in [5, 5.41) is 20.8. The molecule has 3 rings (SSSR count). The Morgan fingerprint density at radius 2 is 1.88 bits per heavy atom. The van der Waals surface area contributed by atoms with Gasteiger partial charge in [-0.25, -0.2) is 0 Å². The van der Waals surface area contributed by atoms with Crippen LogP contribution in [0.5, 0.6) is 11.5 Å². The number of aryl methyl sites for hydroxylation is 1. The largest absolute Gasteiger partial charge is 0.508 e. The van der Waals surface area contributed by atoms with Crippen LogP contribution >= 0.6 is 0 Å². The molecular weight excluding hydrogens is 414 g/mol. The quantitative estimate of drug-likeness (QED) is 0.480. The van der Waals surface area contributed by atoms with Crippen molar-refractivity contribution in [3.05, 3.63) is 58.0 Å². The Labute approximate surface area is 197 Å². The van der Waals surface area contributed by atoms with Gasteiger partial charge in [0.25, 0.3) is 5.56 Å². The molecule has 0 bridgehead atoms. The zero-order valence-corrected chi connectivity index (χ0v) is 20.8. The third-order valence-corrected chi connectivity index (χ3v) is 7.06. The number of allylic oxidation sites excluding steroid dienone is 1. The molecule has 2 aromatic rings. The van der Waals surface area contributed by atoms with Crippen molar-refractivity contribution in [2.45, 2.75) is 72.5 Å². The van der Waals surface area contributed by atoms with Gasteiger partial charge in [0.15, 0.2) is 0 Å². The first-order valence-electron chi connectivity index (χ1n) is 12.2. The molecule has 2 heterocycles. The summed E-state index contributed by atoms with van der Waals surface area (Å²) in [4.78, 5) is 13.1. The molecule has 1 fully saturated rings. The van der Waals surface area contributed by atoms with E-state index in [9.17, 15) is 15.0 Å². The summed E-state index contributed by atoms with van der Waals surface area (Å²) in [5.74, 6) is 1.62. The van der Waals surface area contributed by atoms with Crippen LogP contribution in [0, 0.1) is 17.8 Å². The normalized spacial score (nSPS) is 23.3. The second kappa shape index (κ2) is 10.6. The van der Waals surface area contributed by atoms with E-state index in [-0.39, 0.29) is 23.2 Å². The molecule has 33 heavy (non-hydrogen) atoms. The molecule has 5 atom stereocenters. The molecule has 0 spiro atoms. The third kappa shape index (κ3) is 5.70. The summed E-state index contributed by atoms with van der Waals surface area (Å²) in [6, 6.07) is 6.61. The number of phenolic OH excluding ortho intramolecular Hbond substituents is 1. The minimum absolute atomic E-state index is 0.0335. The second-order valence-electron chi connectivity index (χ2n) is 10.0. The van der Waals surface area contributed by atoms with E-state index in [0.717, 1.165) is 18.4 Å². The van der Waals surface area contributed by atoms with Crippen molar-refractivity contribution in [3.8, 4) is 22.6 Å². The van der Waals surface area contributed by atoms with E-state index >= 15 is 0 Å². The van der Waals surface area contributed by atoms with Crippen molar-refractivity contribution in [1.82, 2.24) is 4.57 Å². The predicted molar refractivity (Wildman–Crippen MR) is 133 cm³/mol. The fourth-order valence-corrected chi connectivity index (χ4v) is 5.02. The first-order valence-corrected chi connectivity index (χ1v) is 12.2. The number of aromatic hydroxyl groups is 2. The number of pyridine rings is 1. The Hall–Kier alpha value is -2.53. The Bertz CT molecular complexity index is 1040. The van der Waals surface area contributed by atoms with Crippen LogP contribution < -0.4 is 5.56 Å². The lowest BCUT2D eigenvalue weighted by Gasteiger charge is -2.36. The number of rotatable bonds is 7. The van der Waals surface area contributed by atoms with Crippen LogP contribution in [0.1, 0.15) is 72.0 Å². The highest BCUT2D eigenvalue weighted by atomic mass is 16.5. The van der Waals surface area contributed by atoms with Gasteiger partial charge in [0, 0.05) is 18.8 Å². The number of hydrogen-bond acceptors (Lipinski definition) is 4. The lowest BCUT2D eigenvalue weighted by atomic mass is 9.85. The van der Waals surface area contributed by atoms with Gasteiger partial charge in [-0.2, -0.15) is 0 Å². The molecule has 0 saturated carbocycles. The zero-order chi connectivity index (χ0) is 24.3. The molecule has 1 aliphatic rings. The topological polar surface area (TPSA) is 71.7 Å². The maximum absolute atomic E-state index is 13.1. The summed E-state index contributed by atoms with van der Waals surface area (Å²) in [7, 11) is 1.69. The summed E-state index contributed by atoms with van der Waals surface area (Å²) in [6.45, 7) is 11.1. The van der Waals surface area contributed by atoms with Crippen molar-refractivity contribution in [2.75, 3.05) is 0 Å². The fraction of sp³-hybridized carbons (Fsp3) is 0.536. The molecule has 1 aromatic heterocycles. The van der Waals surface area contributed by atoms with Crippen LogP contribution in [-0.2, 0) is 11.8 Å². The molecule has 1 aliphatic heterocycles. The molecule has 5 heteroatoms. The van der Waals surface area contributed by atoms with Gasteiger partial charge in [0.05, 0.1) is 17.8 Å². The highest BCUT2D eigenvalue weighted by Crippen LogP contribution is 2.42. The van der Waals surface area contributed by atoms with Gasteiger partial charge in [0.1, 0.15) is 11.5 Å². The minimum Gasteiger partial charge on any atom is -0.508 e. The van der Waals surface area contributed by atoms with E-state index in [2.05, 4.69) is 40.7 Å². The summed E-state index contributed by atoms with van der Waals surface area (Å²) in [5.41, 5.74) is 2.58. The van der Waals surface area contributed by atoms with Crippen LogP contribution in [0.15, 0.2) is 46.9 Å². The lowest BCUT2D eigenvalue weighted by Crippen LogP contribution is -2.34. The van der Waals surface area contributed by atoms with Crippen LogP contribution in [0.4, 0.5) is 0 Å². The molecule has 1 saturated heterocycles. The van der Waals surface area contributed by atoms with Crippen LogP contribution in [0.3, 0.4) is 0 Å². The van der Waals surface area contributed by atoms with Crippen LogP contribution in [0.2, 0.25) is 0 Å². The zero-order valence-electron chi connectivity index (χ0n) is 20.8. The number of phenols is 1. The first-order chi connectivity index (χ1) is 15.6. The van der Waals surface area contributed by atoms with Crippen molar-refractivity contribution < 1.29 is 14.9 Å². The summed E-state index contributed by atoms with van der Waals surface area (Å²) < 4.78 is 8.03. The number of aromatic nitrogens is 1. The maximum Gasteiger partial charge on any atom is 0.259 e. The van der Waals surface area contributed by atoms with E-state index in [1.54, 1.807) is 37.5 Å². The molecule has 2 N–H and O–H groups in total. The fourth-order valence-electron chi connectivity index (χ4n) is 5.02. The van der Waals surface area contributed by atoms with E-state index < -0.39 is 6.10 Å². The number of benzene rings is 1. The molecule has 0 aliphatic carbocycles. The first kappa shape index (κ1) is 25.1. The van der Waals surface area contributed by atoms with Gasteiger partial charge >= 0.3 is 0 Å².